The van der Waals surface area contributed by atoms with Gasteiger partial charge in [0.05, 0.1) is 13.2 Å². The summed E-state index contributed by atoms with van der Waals surface area (Å²) >= 11 is 0. The molecule has 0 aliphatic heterocycles. The lowest BCUT2D eigenvalue weighted by molar-refractivity contribution is -0.144. The second kappa shape index (κ2) is 22.0. The van der Waals surface area contributed by atoms with E-state index in [1.165, 1.54) is 12.8 Å². The van der Waals surface area contributed by atoms with Crippen molar-refractivity contribution in [3.63, 3.8) is 0 Å². The number of aliphatic hydroxyl groups excluding tert-OH is 1. The highest BCUT2D eigenvalue weighted by Crippen LogP contribution is 2.43. The van der Waals surface area contributed by atoms with E-state index in [1.54, 1.807) is 0 Å². The third-order valence-corrected chi connectivity index (χ3v) is 6.00. The summed E-state index contributed by atoms with van der Waals surface area (Å²) in [4.78, 5) is 43.7. The maximum atomic E-state index is 12.1. The number of carbonyl (C=O) groups is 3. The highest BCUT2D eigenvalue weighted by molar-refractivity contribution is 7.47. The lowest BCUT2D eigenvalue weighted by Crippen LogP contribution is -2.43. The average Bonchev–Trinajstić information content (AvgIpc) is 2.84. The predicted octanol–water partition coefficient (Wildman–Crippen LogP) is 4.04. The van der Waals surface area contributed by atoms with Crippen molar-refractivity contribution in [2.24, 2.45) is 0 Å². The first kappa shape index (κ1) is 35.0. The van der Waals surface area contributed by atoms with Crippen molar-refractivity contribution < 1.29 is 47.8 Å². The number of hydrogen-bond donors (Lipinski definition) is 4. The Kier molecular flexibility index (Phi) is 20.8. The zero-order valence-corrected chi connectivity index (χ0v) is 22.9. The summed E-state index contributed by atoms with van der Waals surface area (Å²) in [6, 6.07) is -1.55. The lowest BCUT2D eigenvalue weighted by atomic mass is 10.1. The molecule has 3 unspecified atom stereocenters. The summed E-state index contributed by atoms with van der Waals surface area (Å²) in [5.41, 5.74) is 0. The summed E-state index contributed by atoms with van der Waals surface area (Å²) in [5, 5.41) is 21.0. The summed E-state index contributed by atoms with van der Waals surface area (Å²) in [5.74, 6) is -2.59. The van der Waals surface area contributed by atoms with E-state index in [1.807, 2.05) is 0 Å². The van der Waals surface area contributed by atoms with E-state index < -0.39 is 57.6 Å². The first-order valence-electron chi connectivity index (χ1n) is 12.8. The molecule has 0 aliphatic carbocycles. The maximum absolute atomic E-state index is 12.1. The summed E-state index contributed by atoms with van der Waals surface area (Å²) < 4.78 is 25.6. The molecular formula is C25H44NO10P. The maximum Gasteiger partial charge on any atom is 0.472 e. The fraction of sp³-hybridized carbons (Fsp3) is 0.720. The van der Waals surface area contributed by atoms with Gasteiger partial charge in [0, 0.05) is 13.3 Å². The second-order valence-corrected chi connectivity index (χ2v) is 10.1. The molecule has 1 amide bonds. The number of rotatable bonds is 23. The van der Waals surface area contributed by atoms with Crippen molar-refractivity contribution in [1.82, 2.24) is 5.32 Å². The first-order valence-corrected chi connectivity index (χ1v) is 14.3. The van der Waals surface area contributed by atoms with Crippen molar-refractivity contribution in [3.05, 3.63) is 24.3 Å². The number of phosphoric ester groups is 1. The van der Waals surface area contributed by atoms with Crippen LogP contribution in [0.3, 0.4) is 0 Å². The first-order chi connectivity index (χ1) is 17.6. The molecule has 0 saturated carbocycles. The Hall–Kier alpha value is -2.04. The SMILES string of the molecule is CCCC/C=C\C/C=C\CCCCCCCC(=O)NC(COP(=O)(O)OCC(O)COC(C)=O)C(=O)O. The van der Waals surface area contributed by atoms with E-state index in [2.05, 4.69) is 50.3 Å². The zero-order chi connectivity index (χ0) is 27.9. The number of hydrogen-bond acceptors (Lipinski definition) is 8. The van der Waals surface area contributed by atoms with Crippen LogP contribution in [0.15, 0.2) is 24.3 Å². The van der Waals surface area contributed by atoms with Gasteiger partial charge in [-0.05, 0) is 32.1 Å². The molecule has 0 aliphatic rings. The summed E-state index contributed by atoms with van der Waals surface area (Å²) in [6.07, 6.45) is 17.6. The Morgan fingerprint density at radius 1 is 0.892 bits per heavy atom. The summed E-state index contributed by atoms with van der Waals surface area (Å²) in [6.45, 7) is 1.37. The molecule has 11 nitrogen and oxygen atoms in total. The normalized spacial score (nSPS) is 14.9. The number of aliphatic hydroxyl groups is 1. The third kappa shape index (κ3) is 22.9. The van der Waals surface area contributed by atoms with Crippen LogP contribution < -0.4 is 5.32 Å². The van der Waals surface area contributed by atoms with Crippen LogP contribution in [-0.4, -0.2) is 64.9 Å². The monoisotopic (exact) mass is 549 g/mol. The molecule has 0 aromatic carbocycles. The van der Waals surface area contributed by atoms with Crippen LogP contribution in [0.4, 0.5) is 0 Å². The smallest absolute Gasteiger partial charge is 0.472 e. The standard InChI is InChI=1S/C25H44NO10P/c1-3-4-5-6-7-8-9-10-11-12-13-14-15-16-17-24(29)26-23(25(30)31)20-36-37(32,33)35-19-22(28)18-34-21(2)27/h6-7,9-10,22-23,28H,3-5,8,11-20H2,1-2H3,(H,26,29)(H,30,31)(H,32,33)/b7-6-,10-9-. The molecule has 214 valence electrons. The number of phosphoric acid groups is 1. The third-order valence-electron chi connectivity index (χ3n) is 5.05. The Balaban J connectivity index is 4.03. The zero-order valence-electron chi connectivity index (χ0n) is 22.0. The minimum absolute atomic E-state index is 0.129. The van der Waals surface area contributed by atoms with Gasteiger partial charge in [-0.2, -0.15) is 0 Å². The Morgan fingerprint density at radius 2 is 1.49 bits per heavy atom. The number of aliphatic carboxylic acids is 1. The van der Waals surface area contributed by atoms with E-state index >= 15 is 0 Å². The van der Waals surface area contributed by atoms with Crippen molar-refractivity contribution in [3.8, 4) is 0 Å². The number of carboxylic acid groups (broad SMARTS) is 1. The molecule has 0 aromatic heterocycles. The lowest BCUT2D eigenvalue weighted by Gasteiger charge is -2.18. The minimum atomic E-state index is -4.71. The van der Waals surface area contributed by atoms with Crippen LogP contribution >= 0.6 is 7.82 Å². The molecule has 0 saturated heterocycles. The van der Waals surface area contributed by atoms with Crippen molar-refractivity contribution in [2.75, 3.05) is 19.8 Å². The number of ether oxygens (including phenoxy) is 1. The fourth-order valence-electron chi connectivity index (χ4n) is 3.00. The Labute approximate surface area is 219 Å². The highest BCUT2D eigenvalue weighted by Gasteiger charge is 2.28. The van der Waals surface area contributed by atoms with Crippen LogP contribution in [0.5, 0.6) is 0 Å². The second-order valence-electron chi connectivity index (χ2n) is 8.60. The highest BCUT2D eigenvalue weighted by atomic mass is 31.2. The van der Waals surface area contributed by atoms with Gasteiger partial charge in [0.15, 0.2) is 6.04 Å². The van der Waals surface area contributed by atoms with Gasteiger partial charge in [0.25, 0.3) is 0 Å². The van der Waals surface area contributed by atoms with Gasteiger partial charge in [0.1, 0.15) is 12.7 Å². The molecule has 3 atom stereocenters. The number of unbranched alkanes of at least 4 members (excludes halogenated alkanes) is 7. The molecule has 0 rings (SSSR count). The summed E-state index contributed by atoms with van der Waals surface area (Å²) in [7, 11) is -4.71. The van der Waals surface area contributed by atoms with Gasteiger partial charge >= 0.3 is 19.8 Å². The number of carbonyl (C=O) groups excluding carboxylic acids is 2. The van der Waals surface area contributed by atoms with Crippen LogP contribution in [0, 0.1) is 0 Å². The molecule has 0 fully saturated rings. The number of esters is 1. The van der Waals surface area contributed by atoms with Crippen molar-refractivity contribution >= 4 is 25.7 Å². The number of amides is 1. The van der Waals surface area contributed by atoms with Crippen LogP contribution in [-0.2, 0) is 32.7 Å². The van der Waals surface area contributed by atoms with Gasteiger partial charge in [-0.1, -0.05) is 63.3 Å². The molecule has 37 heavy (non-hydrogen) atoms. The minimum Gasteiger partial charge on any atom is -0.480 e. The Morgan fingerprint density at radius 3 is 2.11 bits per heavy atom. The van der Waals surface area contributed by atoms with Crippen LogP contribution in [0.2, 0.25) is 0 Å². The quantitative estimate of drug-likeness (QED) is 0.0632. The van der Waals surface area contributed by atoms with Crippen LogP contribution in [0.1, 0.15) is 84.5 Å². The van der Waals surface area contributed by atoms with Crippen LogP contribution in [0.25, 0.3) is 0 Å². The molecular weight excluding hydrogens is 505 g/mol. The topological polar surface area (TPSA) is 169 Å². The van der Waals surface area contributed by atoms with Gasteiger partial charge in [0.2, 0.25) is 5.91 Å². The molecule has 0 radical (unpaired) electrons. The van der Waals surface area contributed by atoms with Gasteiger partial charge in [-0.25, -0.2) is 9.36 Å². The fourth-order valence-corrected chi connectivity index (χ4v) is 3.77. The number of nitrogens with one attached hydrogen (secondary N) is 1. The molecule has 12 heteroatoms. The average molecular weight is 550 g/mol. The van der Waals surface area contributed by atoms with E-state index in [4.69, 9.17) is 0 Å². The molecule has 4 N–H and O–H groups in total. The van der Waals surface area contributed by atoms with Gasteiger partial charge in [-0.3, -0.25) is 18.6 Å². The molecule has 0 heterocycles. The van der Waals surface area contributed by atoms with E-state index in [-0.39, 0.29) is 6.42 Å². The van der Waals surface area contributed by atoms with Gasteiger partial charge < -0.3 is 25.2 Å². The largest absolute Gasteiger partial charge is 0.480 e. The molecule has 0 spiro atoms. The molecule has 0 aromatic rings. The molecule has 0 bridgehead atoms. The van der Waals surface area contributed by atoms with Crippen molar-refractivity contribution in [2.45, 2.75) is 96.6 Å². The van der Waals surface area contributed by atoms with E-state index in [0.717, 1.165) is 51.9 Å². The predicted molar refractivity (Wildman–Crippen MR) is 139 cm³/mol. The van der Waals surface area contributed by atoms with Crippen molar-refractivity contribution in [1.29, 1.82) is 0 Å². The number of allylic oxidation sites excluding steroid dienone is 4. The van der Waals surface area contributed by atoms with E-state index in [0.29, 0.717) is 6.42 Å². The number of carboxylic acids is 1. The Bertz CT molecular complexity index is 756. The van der Waals surface area contributed by atoms with E-state index in [9.17, 15) is 34.1 Å². The van der Waals surface area contributed by atoms with Gasteiger partial charge in [-0.15, -0.1) is 0 Å².